The molecule has 0 saturated heterocycles. The first-order valence-corrected chi connectivity index (χ1v) is 10.1. The summed E-state index contributed by atoms with van der Waals surface area (Å²) in [6, 6.07) is 10.9. The van der Waals surface area contributed by atoms with Crippen molar-refractivity contribution >= 4 is 45.7 Å². The van der Waals surface area contributed by atoms with Gasteiger partial charge < -0.3 is 9.73 Å². The van der Waals surface area contributed by atoms with Gasteiger partial charge in [-0.1, -0.05) is 17.7 Å². The van der Waals surface area contributed by atoms with Crippen LogP contribution in [0.4, 0.5) is 10.7 Å². The predicted molar refractivity (Wildman–Crippen MR) is 111 cm³/mol. The Morgan fingerprint density at radius 3 is 2.89 bits per heavy atom. The third-order valence-corrected chi connectivity index (χ3v) is 5.97. The van der Waals surface area contributed by atoms with E-state index in [4.69, 9.17) is 16.0 Å². The number of carbonyl (C=O) groups is 1. The number of carbonyl (C=O) groups excluding carboxylic acids is 1. The number of thiophene rings is 1. The van der Waals surface area contributed by atoms with Crippen LogP contribution in [-0.4, -0.2) is 12.1 Å². The summed E-state index contributed by atoms with van der Waals surface area (Å²) in [7, 11) is 0. The van der Waals surface area contributed by atoms with E-state index < -0.39 is 0 Å². The lowest BCUT2D eigenvalue weighted by Crippen LogP contribution is -2.14. The summed E-state index contributed by atoms with van der Waals surface area (Å²) in [6.07, 6.45) is 5.86. The van der Waals surface area contributed by atoms with Gasteiger partial charge in [0, 0.05) is 15.6 Å². The quantitative estimate of drug-likeness (QED) is 0.533. The molecule has 0 atom stereocenters. The first-order chi connectivity index (χ1) is 13.1. The Morgan fingerprint density at radius 2 is 2.11 bits per heavy atom. The molecule has 1 N–H and O–H groups in total. The van der Waals surface area contributed by atoms with Gasteiger partial charge in [0.2, 0.25) is 0 Å². The van der Waals surface area contributed by atoms with Gasteiger partial charge >= 0.3 is 0 Å². The highest BCUT2D eigenvalue weighted by Crippen LogP contribution is 2.40. The number of benzene rings is 1. The van der Waals surface area contributed by atoms with Gasteiger partial charge in [-0.3, -0.25) is 4.79 Å². The van der Waals surface area contributed by atoms with E-state index in [1.54, 1.807) is 29.7 Å². The topological polar surface area (TPSA) is 54.6 Å². The zero-order valence-electron chi connectivity index (χ0n) is 14.9. The van der Waals surface area contributed by atoms with E-state index in [1.165, 1.54) is 4.88 Å². The van der Waals surface area contributed by atoms with Crippen molar-refractivity contribution in [1.82, 2.24) is 0 Å². The maximum absolute atomic E-state index is 13.0. The number of rotatable bonds is 4. The molecule has 6 heteroatoms. The maximum atomic E-state index is 13.0. The van der Waals surface area contributed by atoms with Gasteiger partial charge in [0.1, 0.15) is 16.5 Å². The normalized spacial score (nSPS) is 13.7. The highest BCUT2D eigenvalue weighted by Gasteiger charge is 2.25. The zero-order valence-corrected chi connectivity index (χ0v) is 16.5. The molecule has 1 aliphatic rings. The van der Waals surface area contributed by atoms with E-state index >= 15 is 0 Å². The molecule has 1 aliphatic carbocycles. The molecule has 2 heterocycles. The molecule has 0 bridgehead atoms. The van der Waals surface area contributed by atoms with Crippen LogP contribution in [0.1, 0.15) is 45.2 Å². The summed E-state index contributed by atoms with van der Waals surface area (Å²) in [5.41, 5.74) is 2.49. The number of aryl methyl sites for hydroxylation is 2. The van der Waals surface area contributed by atoms with E-state index in [-0.39, 0.29) is 5.91 Å². The third kappa shape index (κ3) is 3.99. The van der Waals surface area contributed by atoms with Crippen LogP contribution in [0.2, 0.25) is 5.02 Å². The average Bonchev–Trinajstić information content (AvgIpc) is 3.22. The third-order valence-electron chi connectivity index (χ3n) is 4.53. The molecule has 3 aromatic rings. The summed E-state index contributed by atoms with van der Waals surface area (Å²) in [6.45, 7) is 1.89. The average molecular weight is 399 g/mol. The molecule has 4 rings (SSSR count). The number of furan rings is 1. The molecule has 0 spiro atoms. The highest BCUT2D eigenvalue weighted by atomic mass is 35.5. The predicted octanol–water partition coefficient (Wildman–Crippen LogP) is 6.18. The van der Waals surface area contributed by atoms with E-state index in [1.807, 2.05) is 31.2 Å². The molecule has 138 valence electrons. The van der Waals surface area contributed by atoms with Crippen LogP contribution in [0, 0.1) is 6.92 Å². The minimum Gasteiger partial charge on any atom is -0.460 e. The van der Waals surface area contributed by atoms with Crippen molar-refractivity contribution in [2.24, 2.45) is 4.99 Å². The highest BCUT2D eigenvalue weighted by molar-refractivity contribution is 7.16. The molecule has 0 aliphatic heterocycles. The van der Waals surface area contributed by atoms with Gasteiger partial charge in [-0.25, -0.2) is 4.99 Å². The largest absolute Gasteiger partial charge is 0.460 e. The van der Waals surface area contributed by atoms with E-state index in [0.717, 1.165) is 42.0 Å². The number of nitrogens with one attached hydrogen (secondary N) is 1. The summed E-state index contributed by atoms with van der Waals surface area (Å²) in [5, 5.41) is 4.29. The minimum absolute atomic E-state index is 0.139. The van der Waals surface area contributed by atoms with Gasteiger partial charge in [0.25, 0.3) is 5.91 Å². The first kappa shape index (κ1) is 18.0. The molecular weight excluding hydrogens is 380 g/mol. The molecule has 4 nitrogen and oxygen atoms in total. The standard InChI is InChI=1S/C21H19ClN2O2S/c1-13-9-10-16(26-13)12-23-21-19(17-7-2-3-8-18(17)27-21)20(25)24-15-6-4-5-14(22)11-15/h4-6,9-12H,2-3,7-8H2,1H3,(H,24,25). The lowest BCUT2D eigenvalue weighted by atomic mass is 9.95. The van der Waals surface area contributed by atoms with Crippen LogP contribution in [0.5, 0.6) is 0 Å². The number of halogens is 1. The van der Waals surface area contributed by atoms with Crippen LogP contribution in [0.15, 0.2) is 45.8 Å². The number of anilines is 1. The van der Waals surface area contributed by atoms with E-state index in [9.17, 15) is 4.79 Å². The fourth-order valence-electron chi connectivity index (χ4n) is 3.28. The number of aliphatic imine (C=N–C) groups is 1. The Balaban J connectivity index is 1.68. The number of hydrogen-bond acceptors (Lipinski definition) is 4. The number of fused-ring (bicyclic) bond motifs is 1. The van der Waals surface area contributed by atoms with E-state index in [0.29, 0.717) is 22.0 Å². The Kier molecular flexibility index (Phi) is 5.14. The molecule has 1 amide bonds. The van der Waals surface area contributed by atoms with Gasteiger partial charge in [-0.05, 0) is 68.5 Å². The maximum Gasteiger partial charge on any atom is 0.259 e. The van der Waals surface area contributed by atoms with Crippen LogP contribution in [-0.2, 0) is 12.8 Å². The second-order valence-electron chi connectivity index (χ2n) is 6.56. The second kappa shape index (κ2) is 7.71. The fourth-order valence-corrected chi connectivity index (χ4v) is 4.70. The summed E-state index contributed by atoms with van der Waals surface area (Å²) < 4.78 is 5.56. The Bertz CT molecular complexity index is 1020. The summed E-state index contributed by atoms with van der Waals surface area (Å²) in [5.74, 6) is 1.38. The van der Waals surface area contributed by atoms with Crippen molar-refractivity contribution in [1.29, 1.82) is 0 Å². The Hall–Kier alpha value is -2.37. The lowest BCUT2D eigenvalue weighted by molar-refractivity contribution is 0.102. The van der Waals surface area contributed by atoms with Crippen molar-refractivity contribution in [3.05, 3.63) is 68.9 Å². The smallest absolute Gasteiger partial charge is 0.259 e. The second-order valence-corrected chi connectivity index (χ2v) is 8.08. The Morgan fingerprint density at radius 1 is 1.26 bits per heavy atom. The van der Waals surface area contributed by atoms with Gasteiger partial charge in [-0.15, -0.1) is 11.3 Å². The molecule has 0 saturated carbocycles. The molecule has 0 unspecified atom stereocenters. The lowest BCUT2D eigenvalue weighted by Gasteiger charge is -2.12. The number of nitrogens with zero attached hydrogens (tertiary/aromatic N) is 1. The summed E-state index contributed by atoms with van der Waals surface area (Å²) >= 11 is 7.64. The molecule has 2 aromatic heterocycles. The van der Waals surface area contributed by atoms with Crippen molar-refractivity contribution in [3.63, 3.8) is 0 Å². The Labute approximate surface area is 166 Å². The van der Waals surface area contributed by atoms with Crippen LogP contribution in [0.25, 0.3) is 0 Å². The van der Waals surface area contributed by atoms with Crippen LogP contribution >= 0.6 is 22.9 Å². The van der Waals surface area contributed by atoms with Gasteiger partial charge in [0.15, 0.2) is 0 Å². The van der Waals surface area contributed by atoms with Crippen LogP contribution in [0.3, 0.4) is 0 Å². The van der Waals surface area contributed by atoms with Gasteiger partial charge in [-0.2, -0.15) is 0 Å². The summed E-state index contributed by atoms with van der Waals surface area (Å²) in [4.78, 5) is 18.9. The number of hydrogen-bond donors (Lipinski definition) is 1. The van der Waals surface area contributed by atoms with E-state index in [2.05, 4.69) is 10.3 Å². The SMILES string of the molecule is Cc1ccc(C=Nc2sc3c(c2C(=O)Nc2cccc(Cl)c2)CCCC3)o1. The van der Waals surface area contributed by atoms with Crippen molar-refractivity contribution in [2.75, 3.05) is 5.32 Å². The van der Waals surface area contributed by atoms with Crippen molar-refractivity contribution in [2.45, 2.75) is 32.6 Å². The fraction of sp³-hybridized carbons (Fsp3) is 0.238. The number of amides is 1. The molecule has 1 aromatic carbocycles. The first-order valence-electron chi connectivity index (χ1n) is 8.92. The molecule has 0 fully saturated rings. The van der Waals surface area contributed by atoms with Gasteiger partial charge in [0.05, 0.1) is 11.8 Å². The van der Waals surface area contributed by atoms with Crippen molar-refractivity contribution in [3.8, 4) is 0 Å². The van der Waals surface area contributed by atoms with Crippen molar-refractivity contribution < 1.29 is 9.21 Å². The molecule has 27 heavy (non-hydrogen) atoms. The molecular formula is C21H19ClN2O2S. The minimum atomic E-state index is -0.139. The molecule has 0 radical (unpaired) electrons. The monoisotopic (exact) mass is 398 g/mol. The van der Waals surface area contributed by atoms with Crippen LogP contribution < -0.4 is 5.32 Å². The zero-order chi connectivity index (χ0) is 18.8.